The summed E-state index contributed by atoms with van der Waals surface area (Å²) in [5.74, 6) is 0.310. The lowest BCUT2D eigenvalue weighted by molar-refractivity contribution is -0.139. The molecular formula is C12H12ClNO3. The summed E-state index contributed by atoms with van der Waals surface area (Å²) in [5.41, 5.74) is 1.73. The summed E-state index contributed by atoms with van der Waals surface area (Å²) in [6, 6.07) is 3.59. The van der Waals surface area contributed by atoms with Crippen molar-refractivity contribution in [2.24, 2.45) is 0 Å². The number of nitrogens with one attached hydrogen (secondary N) is 1. The maximum Gasteiger partial charge on any atom is 0.310 e. The third-order valence-corrected chi connectivity index (χ3v) is 2.90. The second-order valence-electron chi connectivity index (χ2n) is 3.60. The van der Waals surface area contributed by atoms with Crippen LogP contribution in [0.15, 0.2) is 18.3 Å². The van der Waals surface area contributed by atoms with E-state index in [2.05, 4.69) is 9.72 Å². The minimum absolute atomic E-state index is 0.223. The lowest BCUT2D eigenvalue weighted by Gasteiger charge is -2.04. The van der Waals surface area contributed by atoms with Crippen LogP contribution in [0, 0.1) is 0 Å². The zero-order chi connectivity index (χ0) is 12.4. The van der Waals surface area contributed by atoms with Crippen molar-refractivity contribution in [3.8, 4) is 5.75 Å². The van der Waals surface area contributed by atoms with Gasteiger partial charge in [0.15, 0.2) is 0 Å². The number of esters is 1. The van der Waals surface area contributed by atoms with Gasteiger partial charge in [-0.3, -0.25) is 4.79 Å². The number of carbonyl (C=O) groups excluding carboxylic acids is 1. The van der Waals surface area contributed by atoms with Gasteiger partial charge in [0, 0.05) is 17.1 Å². The number of rotatable bonds is 3. The second kappa shape index (κ2) is 4.67. The van der Waals surface area contributed by atoms with Crippen LogP contribution < -0.4 is 4.74 Å². The van der Waals surface area contributed by atoms with Gasteiger partial charge in [-0.15, -0.1) is 0 Å². The molecule has 1 aromatic heterocycles. The predicted molar refractivity (Wildman–Crippen MR) is 65.6 cm³/mol. The van der Waals surface area contributed by atoms with E-state index in [9.17, 15) is 4.79 Å². The van der Waals surface area contributed by atoms with Crippen LogP contribution in [0.5, 0.6) is 5.75 Å². The molecule has 90 valence electrons. The number of aromatic nitrogens is 1. The second-order valence-corrected chi connectivity index (χ2v) is 4.01. The lowest BCUT2D eigenvalue weighted by atomic mass is 10.1. The fraction of sp³-hybridized carbons (Fsp3) is 0.250. The number of ether oxygens (including phenoxy) is 2. The zero-order valence-corrected chi connectivity index (χ0v) is 10.3. The Bertz CT molecular complexity index is 562. The topological polar surface area (TPSA) is 51.3 Å². The molecular weight excluding hydrogens is 242 g/mol. The van der Waals surface area contributed by atoms with Crippen molar-refractivity contribution >= 4 is 28.5 Å². The molecule has 0 saturated carbocycles. The van der Waals surface area contributed by atoms with Crippen LogP contribution in [0.2, 0.25) is 5.02 Å². The number of fused-ring (bicyclic) bond motifs is 1. The monoisotopic (exact) mass is 253 g/mol. The fourth-order valence-corrected chi connectivity index (χ4v) is 1.95. The van der Waals surface area contributed by atoms with Gasteiger partial charge < -0.3 is 14.5 Å². The first-order chi connectivity index (χ1) is 8.15. The first-order valence-corrected chi connectivity index (χ1v) is 5.43. The van der Waals surface area contributed by atoms with Gasteiger partial charge in [0.05, 0.1) is 25.7 Å². The standard InChI is InChI=1S/C12H12ClNO3/c1-16-11-4-8-7(3-12(15)17-2)6-14-10(8)5-9(11)13/h4-6,14H,3H2,1-2H3. The van der Waals surface area contributed by atoms with Gasteiger partial charge in [-0.2, -0.15) is 0 Å². The van der Waals surface area contributed by atoms with Crippen molar-refractivity contribution in [3.63, 3.8) is 0 Å². The number of halogens is 1. The number of benzene rings is 1. The molecule has 0 unspecified atom stereocenters. The van der Waals surface area contributed by atoms with Gasteiger partial charge in [-0.05, 0) is 17.7 Å². The van der Waals surface area contributed by atoms with Crippen LogP contribution in [0.1, 0.15) is 5.56 Å². The van der Waals surface area contributed by atoms with Gasteiger partial charge in [0.1, 0.15) is 5.75 Å². The Labute approximate surface area is 103 Å². The van der Waals surface area contributed by atoms with Crippen LogP contribution in [0.4, 0.5) is 0 Å². The Morgan fingerprint density at radius 1 is 1.41 bits per heavy atom. The maximum absolute atomic E-state index is 11.3. The van der Waals surface area contributed by atoms with Crippen LogP contribution in [-0.2, 0) is 16.0 Å². The molecule has 0 amide bonds. The zero-order valence-electron chi connectivity index (χ0n) is 9.54. The minimum Gasteiger partial charge on any atom is -0.495 e. The van der Waals surface area contributed by atoms with Crippen molar-refractivity contribution in [2.45, 2.75) is 6.42 Å². The van der Waals surface area contributed by atoms with Gasteiger partial charge in [0.25, 0.3) is 0 Å². The van der Waals surface area contributed by atoms with E-state index in [1.807, 2.05) is 6.07 Å². The summed E-state index contributed by atoms with van der Waals surface area (Å²) in [4.78, 5) is 14.3. The minimum atomic E-state index is -0.278. The molecule has 4 nitrogen and oxygen atoms in total. The Morgan fingerprint density at radius 3 is 2.82 bits per heavy atom. The number of hydrogen-bond acceptors (Lipinski definition) is 3. The van der Waals surface area contributed by atoms with E-state index in [4.69, 9.17) is 16.3 Å². The Morgan fingerprint density at radius 2 is 2.18 bits per heavy atom. The van der Waals surface area contributed by atoms with Crippen LogP contribution >= 0.6 is 11.6 Å². The van der Waals surface area contributed by atoms with Gasteiger partial charge >= 0.3 is 5.97 Å². The molecule has 0 aliphatic rings. The van der Waals surface area contributed by atoms with Crippen molar-refractivity contribution in [3.05, 3.63) is 28.9 Å². The van der Waals surface area contributed by atoms with Gasteiger partial charge in [-0.25, -0.2) is 0 Å². The molecule has 1 N–H and O–H groups in total. The quantitative estimate of drug-likeness (QED) is 0.856. The molecule has 5 heteroatoms. The Balaban J connectivity index is 2.48. The largest absolute Gasteiger partial charge is 0.495 e. The highest BCUT2D eigenvalue weighted by atomic mass is 35.5. The number of methoxy groups -OCH3 is 2. The summed E-state index contributed by atoms with van der Waals surface area (Å²) >= 11 is 6.01. The highest BCUT2D eigenvalue weighted by Gasteiger charge is 2.11. The first-order valence-electron chi connectivity index (χ1n) is 5.06. The van der Waals surface area contributed by atoms with E-state index < -0.39 is 0 Å². The molecule has 17 heavy (non-hydrogen) atoms. The van der Waals surface area contributed by atoms with E-state index in [1.165, 1.54) is 7.11 Å². The first kappa shape index (κ1) is 11.8. The van der Waals surface area contributed by atoms with Crippen molar-refractivity contribution in [1.82, 2.24) is 4.98 Å². The van der Waals surface area contributed by atoms with Crippen molar-refractivity contribution in [1.29, 1.82) is 0 Å². The molecule has 0 atom stereocenters. The number of aromatic amines is 1. The van der Waals surface area contributed by atoms with Crippen molar-refractivity contribution < 1.29 is 14.3 Å². The Hall–Kier alpha value is -1.68. The summed E-state index contributed by atoms with van der Waals surface area (Å²) in [5, 5.41) is 1.45. The molecule has 0 spiro atoms. The SMILES string of the molecule is COC(=O)Cc1c[nH]c2cc(Cl)c(OC)cc12. The summed E-state index contributed by atoms with van der Waals surface area (Å²) in [7, 11) is 2.92. The third-order valence-electron chi connectivity index (χ3n) is 2.60. The summed E-state index contributed by atoms with van der Waals surface area (Å²) in [6.45, 7) is 0. The average molecular weight is 254 g/mol. The molecule has 0 radical (unpaired) electrons. The number of H-pyrrole nitrogens is 1. The van der Waals surface area contributed by atoms with E-state index in [0.29, 0.717) is 10.8 Å². The molecule has 2 rings (SSSR count). The highest BCUT2D eigenvalue weighted by molar-refractivity contribution is 6.32. The molecule has 0 aliphatic carbocycles. The fourth-order valence-electron chi connectivity index (χ4n) is 1.71. The molecule has 1 heterocycles. The summed E-state index contributed by atoms with van der Waals surface area (Å²) in [6.07, 6.45) is 2.00. The molecule has 0 bridgehead atoms. The molecule has 1 aromatic carbocycles. The predicted octanol–water partition coefficient (Wildman–Crippen LogP) is 2.55. The highest BCUT2D eigenvalue weighted by Crippen LogP contribution is 2.31. The van der Waals surface area contributed by atoms with Gasteiger partial charge in [-0.1, -0.05) is 11.6 Å². The Kier molecular flexibility index (Phi) is 3.24. The normalized spacial score (nSPS) is 10.5. The van der Waals surface area contributed by atoms with Crippen LogP contribution in [-0.4, -0.2) is 25.2 Å². The number of hydrogen-bond donors (Lipinski definition) is 1. The van der Waals surface area contributed by atoms with E-state index in [-0.39, 0.29) is 12.4 Å². The smallest absolute Gasteiger partial charge is 0.310 e. The van der Waals surface area contributed by atoms with Gasteiger partial charge in [0.2, 0.25) is 0 Å². The average Bonchev–Trinajstić information content (AvgIpc) is 2.70. The van der Waals surface area contributed by atoms with E-state index in [0.717, 1.165) is 16.5 Å². The summed E-state index contributed by atoms with van der Waals surface area (Å²) < 4.78 is 9.79. The lowest BCUT2D eigenvalue weighted by Crippen LogP contribution is -2.03. The van der Waals surface area contributed by atoms with Crippen LogP contribution in [0.25, 0.3) is 10.9 Å². The molecule has 2 aromatic rings. The molecule has 0 fully saturated rings. The van der Waals surface area contributed by atoms with Crippen LogP contribution in [0.3, 0.4) is 0 Å². The molecule has 0 saturated heterocycles. The molecule has 0 aliphatic heterocycles. The maximum atomic E-state index is 11.3. The third kappa shape index (κ3) is 2.22. The van der Waals surface area contributed by atoms with E-state index >= 15 is 0 Å². The van der Waals surface area contributed by atoms with E-state index in [1.54, 1.807) is 19.4 Å². The van der Waals surface area contributed by atoms with Crippen molar-refractivity contribution in [2.75, 3.05) is 14.2 Å². The number of carbonyl (C=O) groups is 1.